The molecule has 1 unspecified atom stereocenters. The molecule has 0 fully saturated rings. The highest BCUT2D eigenvalue weighted by molar-refractivity contribution is 6.30. The average molecular weight is 288 g/mol. The molecule has 0 aromatic heterocycles. The van der Waals surface area contributed by atoms with E-state index >= 15 is 0 Å². The Hall–Kier alpha value is -1.31. The van der Waals surface area contributed by atoms with Gasteiger partial charge in [-0.15, -0.1) is 0 Å². The maximum atomic E-state index is 6.10. The van der Waals surface area contributed by atoms with E-state index in [0.29, 0.717) is 0 Å². The molecule has 2 heteroatoms. The molecule has 0 saturated carbocycles. The number of benzene rings is 2. The summed E-state index contributed by atoms with van der Waals surface area (Å²) < 4.78 is 0. The zero-order valence-corrected chi connectivity index (χ0v) is 13.4. The quantitative estimate of drug-likeness (QED) is 0.854. The fourth-order valence-corrected chi connectivity index (χ4v) is 3.04. The molecule has 1 nitrogen and oxygen atoms in total. The van der Waals surface area contributed by atoms with Gasteiger partial charge in [0.15, 0.2) is 0 Å². The van der Waals surface area contributed by atoms with Crippen molar-refractivity contribution in [3.05, 3.63) is 69.2 Å². The topological polar surface area (TPSA) is 12.0 Å². The van der Waals surface area contributed by atoms with E-state index in [9.17, 15) is 0 Å². The summed E-state index contributed by atoms with van der Waals surface area (Å²) in [5, 5.41) is 4.20. The Bertz CT molecular complexity index is 581. The zero-order chi connectivity index (χ0) is 14.7. The number of rotatable bonds is 4. The van der Waals surface area contributed by atoms with Gasteiger partial charge in [0.05, 0.1) is 0 Å². The molecular formula is C18H22ClN. The fraction of sp³-hybridized carbons (Fsp3) is 0.333. The van der Waals surface area contributed by atoms with E-state index < -0.39 is 0 Å². The third-order valence-electron chi connectivity index (χ3n) is 3.85. The minimum absolute atomic E-state index is 0.286. The largest absolute Gasteiger partial charge is 0.313 e. The second kappa shape index (κ2) is 6.43. The second-order valence-corrected chi connectivity index (χ2v) is 5.91. The number of aryl methyl sites for hydroxylation is 3. The van der Waals surface area contributed by atoms with Gasteiger partial charge in [-0.25, -0.2) is 0 Å². The maximum Gasteiger partial charge on any atom is 0.0409 e. The van der Waals surface area contributed by atoms with Crippen molar-refractivity contribution >= 4 is 11.6 Å². The average Bonchev–Trinajstić information content (AvgIpc) is 2.38. The Balaban J connectivity index is 2.32. The van der Waals surface area contributed by atoms with Crippen LogP contribution in [0.3, 0.4) is 0 Å². The lowest BCUT2D eigenvalue weighted by Crippen LogP contribution is -2.19. The second-order valence-electron chi connectivity index (χ2n) is 5.48. The van der Waals surface area contributed by atoms with Gasteiger partial charge >= 0.3 is 0 Å². The van der Waals surface area contributed by atoms with Crippen molar-refractivity contribution in [2.24, 2.45) is 0 Å². The number of halogens is 1. The van der Waals surface area contributed by atoms with E-state index in [0.717, 1.165) is 11.4 Å². The lowest BCUT2D eigenvalue weighted by Gasteiger charge is -2.20. The number of likely N-dealkylation sites (N-methyl/N-ethyl adjacent to an activating group) is 1. The smallest absolute Gasteiger partial charge is 0.0409 e. The van der Waals surface area contributed by atoms with Crippen LogP contribution in [0, 0.1) is 20.8 Å². The molecule has 1 atom stereocenters. The molecule has 2 aromatic carbocycles. The monoisotopic (exact) mass is 287 g/mol. The molecule has 0 saturated heterocycles. The number of hydrogen-bond acceptors (Lipinski definition) is 1. The van der Waals surface area contributed by atoms with Gasteiger partial charge in [-0.3, -0.25) is 0 Å². The molecule has 0 spiro atoms. The lowest BCUT2D eigenvalue weighted by atomic mass is 9.92. The summed E-state index contributed by atoms with van der Waals surface area (Å²) in [6, 6.07) is 12.9. The Morgan fingerprint density at radius 1 is 1.05 bits per heavy atom. The summed E-state index contributed by atoms with van der Waals surface area (Å²) in [6.45, 7) is 6.54. The highest BCUT2D eigenvalue weighted by atomic mass is 35.5. The van der Waals surface area contributed by atoms with Crippen LogP contribution >= 0.6 is 11.6 Å². The van der Waals surface area contributed by atoms with E-state index in [2.05, 4.69) is 44.3 Å². The van der Waals surface area contributed by atoms with Crippen molar-refractivity contribution in [3.8, 4) is 0 Å². The maximum absolute atomic E-state index is 6.10. The summed E-state index contributed by atoms with van der Waals surface area (Å²) in [5.41, 5.74) is 6.72. The predicted molar refractivity (Wildman–Crippen MR) is 87.6 cm³/mol. The van der Waals surface area contributed by atoms with Crippen molar-refractivity contribution in [2.45, 2.75) is 33.2 Å². The van der Waals surface area contributed by atoms with E-state index in [1.807, 2.05) is 25.2 Å². The van der Waals surface area contributed by atoms with E-state index in [1.54, 1.807) is 0 Å². The normalized spacial score (nSPS) is 12.4. The van der Waals surface area contributed by atoms with Crippen molar-refractivity contribution < 1.29 is 0 Å². The van der Waals surface area contributed by atoms with Crippen LogP contribution in [0.15, 0.2) is 36.4 Å². The minimum atomic E-state index is 0.286. The Morgan fingerprint density at radius 2 is 1.70 bits per heavy atom. The van der Waals surface area contributed by atoms with Crippen LogP contribution in [0.2, 0.25) is 5.02 Å². The molecular weight excluding hydrogens is 266 g/mol. The highest BCUT2D eigenvalue weighted by Gasteiger charge is 2.13. The van der Waals surface area contributed by atoms with Crippen LogP contribution < -0.4 is 5.32 Å². The summed E-state index contributed by atoms with van der Waals surface area (Å²) in [5.74, 6) is 0. The van der Waals surface area contributed by atoms with Gasteiger partial charge in [0.2, 0.25) is 0 Å². The molecule has 0 heterocycles. The molecule has 0 aliphatic heterocycles. The molecule has 0 amide bonds. The first-order chi connectivity index (χ1) is 9.51. The summed E-state index contributed by atoms with van der Waals surface area (Å²) in [6.07, 6.45) is 0.981. The van der Waals surface area contributed by atoms with E-state index in [1.165, 1.54) is 27.8 Å². The van der Waals surface area contributed by atoms with Crippen molar-refractivity contribution in [2.75, 3.05) is 7.05 Å². The van der Waals surface area contributed by atoms with Gasteiger partial charge in [0, 0.05) is 11.1 Å². The summed E-state index contributed by atoms with van der Waals surface area (Å²) in [4.78, 5) is 0. The summed E-state index contributed by atoms with van der Waals surface area (Å²) in [7, 11) is 2.00. The highest BCUT2D eigenvalue weighted by Crippen LogP contribution is 2.25. The first-order valence-electron chi connectivity index (χ1n) is 7.00. The Labute approximate surface area is 127 Å². The third-order valence-corrected chi connectivity index (χ3v) is 4.08. The number of nitrogens with one attached hydrogen (secondary N) is 1. The molecule has 106 valence electrons. The number of hydrogen-bond donors (Lipinski definition) is 1. The first-order valence-corrected chi connectivity index (χ1v) is 7.38. The predicted octanol–water partition coefficient (Wildman–Crippen LogP) is 4.77. The molecule has 1 N–H and O–H groups in total. The van der Waals surface area contributed by atoms with Crippen LogP contribution in [0.5, 0.6) is 0 Å². The van der Waals surface area contributed by atoms with Gasteiger partial charge < -0.3 is 5.32 Å². The lowest BCUT2D eigenvalue weighted by molar-refractivity contribution is 0.589. The van der Waals surface area contributed by atoms with Gasteiger partial charge in [-0.1, -0.05) is 41.4 Å². The molecule has 20 heavy (non-hydrogen) atoms. The molecule has 2 rings (SSSR count). The molecule has 2 aromatic rings. The van der Waals surface area contributed by atoms with Gasteiger partial charge in [0.25, 0.3) is 0 Å². The van der Waals surface area contributed by atoms with Gasteiger partial charge in [-0.05, 0) is 68.6 Å². The van der Waals surface area contributed by atoms with Crippen molar-refractivity contribution in [3.63, 3.8) is 0 Å². The zero-order valence-electron chi connectivity index (χ0n) is 12.6. The van der Waals surface area contributed by atoms with Crippen molar-refractivity contribution in [1.29, 1.82) is 0 Å². The third kappa shape index (κ3) is 3.41. The van der Waals surface area contributed by atoms with Crippen LogP contribution in [0.4, 0.5) is 0 Å². The SMILES string of the molecule is CNC(Cc1c(C)cc(C)cc1C)c1cccc(Cl)c1. The fourth-order valence-electron chi connectivity index (χ4n) is 2.85. The van der Waals surface area contributed by atoms with E-state index in [-0.39, 0.29) is 6.04 Å². The first kappa shape index (κ1) is 15.1. The molecule has 0 radical (unpaired) electrons. The van der Waals surface area contributed by atoms with Crippen LogP contribution in [-0.4, -0.2) is 7.05 Å². The van der Waals surface area contributed by atoms with Gasteiger partial charge in [0.1, 0.15) is 0 Å². The molecule has 0 aliphatic rings. The molecule has 0 bridgehead atoms. The van der Waals surface area contributed by atoms with Crippen LogP contribution in [-0.2, 0) is 6.42 Å². The Morgan fingerprint density at radius 3 is 2.25 bits per heavy atom. The van der Waals surface area contributed by atoms with E-state index in [4.69, 9.17) is 11.6 Å². The Kier molecular flexibility index (Phi) is 4.85. The van der Waals surface area contributed by atoms with Crippen molar-refractivity contribution in [1.82, 2.24) is 5.32 Å². The summed E-state index contributed by atoms with van der Waals surface area (Å²) >= 11 is 6.10. The molecule has 0 aliphatic carbocycles. The standard InChI is InChI=1S/C18H22ClN/c1-12-8-13(2)17(14(3)9-12)11-18(20-4)15-6-5-7-16(19)10-15/h5-10,18,20H,11H2,1-4H3. The van der Waals surface area contributed by atoms with Gasteiger partial charge in [-0.2, -0.15) is 0 Å². The van der Waals surface area contributed by atoms with Crippen LogP contribution in [0.1, 0.15) is 33.9 Å². The van der Waals surface area contributed by atoms with Crippen LogP contribution in [0.25, 0.3) is 0 Å². The minimum Gasteiger partial charge on any atom is -0.313 e.